The number of aromatic nitrogens is 2. The Balaban J connectivity index is 2.01. The molecule has 1 heterocycles. The SMILES string of the molecule is CN(C)c1cccc(C(N)CCc2nccn2C)c1. The lowest BCUT2D eigenvalue weighted by atomic mass is 10.0. The van der Waals surface area contributed by atoms with Gasteiger partial charge in [0.15, 0.2) is 0 Å². The second kappa shape index (κ2) is 5.89. The van der Waals surface area contributed by atoms with Crippen LogP contribution in [0.3, 0.4) is 0 Å². The number of rotatable bonds is 5. The zero-order valence-electron chi connectivity index (χ0n) is 11.9. The Bertz CT molecular complexity index is 530. The zero-order chi connectivity index (χ0) is 13.8. The van der Waals surface area contributed by atoms with E-state index >= 15 is 0 Å². The zero-order valence-corrected chi connectivity index (χ0v) is 11.9. The molecule has 4 nitrogen and oxygen atoms in total. The molecule has 0 aliphatic carbocycles. The summed E-state index contributed by atoms with van der Waals surface area (Å²) in [4.78, 5) is 6.42. The number of hydrogen-bond donors (Lipinski definition) is 1. The van der Waals surface area contributed by atoms with Crippen LogP contribution in [0.15, 0.2) is 36.7 Å². The summed E-state index contributed by atoms with van der Waals surface area (Å²) in [7, 11) is 6.09. The summed E-state index contributed by atoms with van der Waals surface area (Å²) in [6.45, 7) is 0. The molecule has 102 valence electrons. The third kappa shape index (κ3) is 3.35. The van der Waals surface area contributed by atoms with E-state index in [1.54, 1.807) is 0 Å². The number of hydrogen-bond acceptors (Lipinski definition) is 3. The van der Waals surface area contributed by atoms with Crippen LogP contribution in [0.2, 0.25) is 0 Å². The molecule has 0 radical (unpaired) electrons. The Hall–Kier alpha value is -1.81. The third-order valence-corrected chi connectivity index (χ3v) is 3.41. The number of nitrogens with two attached hydrogens (primary N) is 1. The van der Waals surface area contributed by atoms with E-state index in [4.69, 9.17) is 5.73 Å². The minimum atomic E-state index is 0.0524. The van der Waals surface area contributed by atoms with Crippen LogP contribution in [0, 0.1) is 0 Å². The van der Waals surface area contributed by atoms with Gasteiger partial charge >= 0.3 is 0 Å². The first-order chi connectivity index (χ1) is 9.08. The largest absolute Gasteiger partial charge is 0.378 e. The second-order valence-corrected chi connectivity index (χ2v) is 5.09. The maximum Gasteiger partial charge on any atom is 0.108 e. The summed E-state index contributed by atoms with van der Waals surface area (Å²) in [5.41, 5.74) is 8.64. The molecule has 1 aromatic heterocycles. The minimum Gasteiger partial charge on any atom is -0.378 e. The Morgan fingerprint density at radius 1 is 1.37 bits per heavy atom. The van der Waals surface area contributed by atoms with Crippen molar-refractivity contribution in [2.45, 2.75) is 18.9 Å². The van der Waals surface area contributed by atoms with E-state index in [-0.39, 0.29) is 6.04 Å². The lowest BCUT2D eigenvalue weighted by Crippen LogP contribution is -2.14. The average molecular weight is 258 g/mol. The fraction of sp³-hybridized carbons (Fsp3) is 0.400. The van der Waals surface area contributed by atoms with Crippen LogP contribution >= 0.6 is 0 Å². The molecule has 0 spiro atoms. The highest BCUT2D eigenvalue weighted by Crippen LogP contribution is 2.21. The maximum absolute atomic E-state index is 6.28. The molecule has 0 amide bonds. The van der Waals surface area contributed by atoms with Crippen LogP contribution in [0.1, 0.15) is 23.9 Å². The van der Waals surface area contributed by atoms with Gasteiger partial charge in [0.2, 0.25) is 0 Å². The normalized spacial score (nSPS) is 12.4. The number of benzene rings is 1. The molecule has 0 saturated carbocycles. The molecule has 19 heavy (non-hydrogen) atoms. The summed E-state index contributed by atoms with van der Waals surface area (Å²) in [5, 5.41) is 0. The average Bonchev–Trinajstić information content (AvgIpc) is 2.81. The van der Waals surface area contributed by atoms with Gasteiger partial charge in [-0.3, -0.25) is 0 Å². The van der Waals surface area contributed by atoms with Crippen LogP contribution in [-0.4, -0.2) is 23.6 Å². The molecule has 2 aromatic rings. The number of anilines is 1. The monoisotopic (exact) mass is 258 g/mol. The van der Waals surface area contributed by atoms with E-state index in [2.05, 4.69) is 34.1 Å². The van der Waals surface area contributed by atoms with E-state index in [1.165, 1.54) is 11.3 Å². The molecular weight excluding hydrogens is 236 g/mol. The van der Waals surface area contributed by atoms with Crippen LogP contribution in [0.4, 0.5) is 5.69 Å². The van der Waals surface area contributed by atoms with Crippen molar-refractivity contribution in [2.75, 3.05) is 19.0 Å². The molecule has 2 N–H and O–H groups in total. The first kappa shape index (κ1) is 13.6. The summed E-state index contributed by atoms with van der Waals surface area (Å²) >= 11 is 0. The highest BCUT2D eigenvalue weighted by molar-refractivity contribution is 5.47. The van der Waals surface area contributed by atoms with Crippen molar-refractivity contribution in [1.82, 2.24) is 9.55 Å². The van der Waals surface area contributed by atoms with Crippen LogP contribution in [-0.2, 0) is 13.5 Å². The van der Waals surface area contributed by atoms with Gasteiger partial charge in [0.05, 0.1) is 0 Å². The fourth-order valence-corrected chi connectivity index (χ4v) is 2.12. The van der Waals surface area contributed by atoms with Crippen molar-refractivity contribution < 1.29 is 0 Å². The van der Waals surface area contributed by atoms with Gasteiger partial charge < -0.3 is 15.2 Å². The number of nitrogens with zero attached hydrogens (tertiary/aromatic N) is 3. The third-order valence-electron chi connectivity index (χ3n) is 3.41. The van der Waals surface area contributed by atoms with Crippen LogP contribution in [0.25, 0.3) is 0 Å². The van der Waals surface area contributed by atoms with Gasteiger partial charge in [-0.15, -0.1) is 0 Å². The smallest absolute Gasteiger partial charge is 0.108 e. The predicted octanol–water partition coefficient (Wildman–Crippen LogP) is 2.12. The Morgan fingerprint density at radius 2 is 2.16 bits per heavy atom. The number of aryl methyl sites for hydroxylation is 2. The molecule has 0 saturated heterocycles. The molecule has 0 bridgehead atoms. The highest BCUT2D eigenvalue weighted by Gasteiger charge is 2.09. The van der Waals surface area contributed by atoms with Gasteiger partial charge in [0, 0.05) is 51.7 Å². The lowest BCUT2D eigenvalue weighted by Gasteiger charge is -2.17. The first-order valence-corrected chi connectivity index (χ1v) is 6.57. The molecule has 0 fully saturated rings. The van der Waals surface area contributed by atoms with Crippen molar-refractivity contribution in [1.29, 1.82) is 0 Å². The Kier molecular flexibility index (Phi) is 4.22. The highest BCUT2D eigenvalue weighted by atomic mass is 15.1. The minimum absolute atomic E-state index is 0.0524. The molecule has 1 atom stereocenters. The van der Waals surface area contributed by atoms with Crippen molar-refractivity contribution in [3.8, 4) is 0 Å². The molecule has 0 aliphatic rings. The van der Waals surface area contributed by atoms with E-state index in [0.717, 1.165) is 18.7 Å². The van der Waals surface area contributed by atoms with Gasteiger partial charge in [0.25, 0.3) is 0 Å². The summed E-state index contributed by atoms with van der Waals surface area (Å²) in [6, 6.07) is 8.45. The van der Waals surface area contributed by atoms with Gasteiger partial charge in [-0.25, -0.2) is 4.98 Å². The topological polar surface area (TPSA) is 47.1 Å². The molecule has 2 rings (SSSR count). The van der Waals surface area contributed by atoms with Crippen LogP contribution < -0.4 is 10.6 Å². The van der Waals surface area contributed by atoms with Crippen molar-refractivity contribution in [2.24, 2.45) is 12.8 Å². The molecule has 0 aliphatic heterocycles. The number of imidazole rings is 1. The quantitative estimate of drug-likeness (QED) is 0.893. The van der Waals surface area contributed by atoms with E-state index in [0.29, 0.717) is 0 Å². The molecule has 4 heteroatoms. The molecule has 1 aromatic carbocycles. The predicted molar refractivity (Wildman–Crippen MR) is 79.2 cm³/mol. The standard InChI is InChI=1S/C15H22N4/c1-18(2)13-6-4-5-12(11-13)14(16)7-8-15-17-9-10-19(15)3/h4-6,9-11,14H,7-8,16H2,1-3H3. The van der Waals surface area contributed by atoms with Gasteiger partial charge in [-0.1, -0.05) is 12.1 Å². The van der Waals surface area contributed by atoms with E-state index in [9.17, 15) is 0 Å². The fourth-order valence-electron chi connectivity index (χ4n) is 2.12. The first-order valence-electron chi connectivity index (χ1n) is 6.57. The lowest BCUT2D eigenvalue weighted by molar-refractivity contribution is 0.621. The molecular formula is C15H22N4. The van der Waals surface area contributed by atoms with E-state index < -0.39 is 0 Å². The Morgan fingerprint density at radius 3 is 2.79 bits per heavy atom. The summed E-state index contributed by atoms with van der Waals surface area (Å²) < 4.78 is 2.04. The van der Waals surface area contributed by atoms with Crippen molar-refractivity contribution in [3.63, 3.8) is 0 Å². The van der Waals surface area contributed by atoms with Gasteiger partial charge in [0.1, 0.15) is 5.82 Å². The Labute approximate surface area is 114 Å². The summed E-state index contributed by atoms with van der Waals surface area (Å²) in [5.74, 6) is 1.08. The van der Waals surface area contributed by atoms with Crippen LogP contribution in [0.5, 0.6) is 0 Å². The van der Waals surface area contributed by atoms with E-state index in [1.807, 2.05) is 38.1 Å². The second-order valence-electron chi connectivity index (χ2n) is 5.09. The summed E-state index contributed by atoms with van der Waals surface area (Å²) in [6.07, 6.45) is 5.60. The van der Waals surface area contributed by atoms with Crippen molar-refractivity contribution in [3.05, 3.63) is 48.0 Å². The molecule has 1 unspecified atom stereocenters. The van der Waals surface area contributed by atoms with Gasteiger partial charge in [-0.05, 0) is 24.1 Å². The van der Waals surface area contributed by atoms with Gasteiger partial charge in [-0.2, -0.15) is 0 Å². The maximum atomic E-state index is 6.28. The van der Waals surface area contributed by atoms with Crippen molar-refractivity contribution >= 4 is 5.69 Å².